The highest BCUT2D eigenvalue weighted by Gasteiger charge is 2.28. The summed E-state index contributed by atoms with van der Waals surface area (Å²) in [5, 5.41) is 13.2. The summed E-state index contributed by atoms with van der Waals surface area (Å²) in [6.45, 7) is 6.55. The van der Waals surface area contributed by atoms with Gasteiger partial charge in [-0.3, -0.25) is 0 Å². The summed E-state index contributed by atoms with van der Waals surface area (Å²) in [5.41, 5.74) is 0. The van der Waals surface area contributed by atoms with Gasteiger partial charge in [0.05, 0.1) is 25.4 Å². The summed E-state index contributed by atoms with van der Waals surface area (Å²) in [6, 6.07) is 0.528. The first-order valence-corrected chi connectivity index (χ1v) is 6.15. The fourth-order valence-electron chi connectivity index (χ4n) is 2.21. The summed E-state index contributed by atoms with van der Waals surface area (Å²) in [5.74, 6) is 0.664. The van der Waals surface area contributed by atoms with Crippen LogP contribution in [0.15, 0.2) is 0 Å². The van der Waals surface area contributed by atoms with Crippen LogP contribution in [0.1, 0.15) is 20.3 Å². The number of aliphatic hydroxyl groups is 1. The molecule has 3 unspecified atom stereocenters. The zero-order valence-corrected chi connectivity index (χ0v) is 10.9. The highest BCUT2D eigenvalue weighted by molar-refractivity contribution is 4.85. The second-order valence-corrected chi connectivity index (χ2v) is 5.47. The van der Waals surface area contributed by atoms with Gasteiger partial charge in [0.1, 0.15) is 0 Å². The quantitative estimate of drug-likeness (QED) is 0.689. The normalized spacial score (nSPS) is 27.9. The highest BCUT2D eigenvalue weighted by atomic mass is 16.5. The van der Waals surface area contributed by atoms with Crippen LogP contribution in [0.5, 0.6) is 0 Å². The van der Waals surface area contributed by atoms with E-state index in [4.69, 9.17) is 4.74 Å². The molecule has 1 fully saturated rings. The third-order valence-corrected chi connectivity index (χ3v) is 2.84. The molecule has 0 radical (unpaired) electrons. The summed E-state index contributed by atoms with van der Waals surface area (Å²) in [4.78, 5) is 2.18. The van der Waals surface area contributed by atoms with Crippen molar-refractivity contribution in [1.29, 1.82) is 0 Å². The van der Waals surface area contributed by atoms with Crippen LogP contribution in [0.3, 0.4) is 0 Å². The number of rotatable bonds is 6. The molecule has 1 rings (SSSR count). The maximum absolute atomic E-state index is 9.70. The number of aliphatic hydroxyl groups excluding tert-OH is 1. The summed E-state index contributed by atoms with van der Waals surface area (Å²) in [6.07, 6.45) is 0.776. The van der Waals surface area contributed by atoms with E-state index in [-0.39, 0.29) is 12.1 Å². The molecule has 0 spiro atoms. The molecule has 16 heavy (non-hydrogen) atoms. The molecular weight excluding hydrogens is 204 g/mol. The zero-order valence-electron chi connectivity index (χ0n) is 10.9. The minimum Gasteiger partial charge on any atom is -0.389 e. The van der Waals surface area contributed by atoms with Crippen molar-refractivity contribution < 1.29 is 9.84 Å². The first-order valence-electron chi connectivity index (χ1n) is 6.15. The zero-order chi connectivity index (χ0) is 12.1. The second kappa shape index (κ2) is 6.55. The monoisotopic (exact) mass is 230 g/mol. The smallest absolute Gasteiger partial charge is 0.0948 e. The molecule has 0 aromatic heterocycles. The van der Waals surface area contributed by atoms with Gasteiger partial charge in [-0.25, -0.2) is 0 Å². The highest BCUT2D eigenvalue weighted by Crippen LogP contribution is 2.11. The largest absolute Gasteiger partial charge is 0.389 e. The Bertz CT molecular complexity index is 187. The van der Waals surface area contributed by atoms with Crippen LogP contribution in [0.25, 0.3) is 0 Å². The van der Waals surface area contributed by atoms with Crippen molar-refractivity contribution in [3.8, 4) is 0 Å². The van der Waals surface area contributed by atoms with E-state index in [1.165, 1.54) is 0 Å². The number of hydrogen-bond donors (Lipinski definition) is 2. The summed E-state index contributed by atoms with van der Waals surface area (Å²) < 4.78 is 5.25. The van der Waals surface area contributed by atoms with Crippen LogP contribution in [0.2, 0.25) is 0 Å². The van der Waals surface area contributed by atoms with Gasteiger partial charge in [-0.15, -0.1) is 0 Å². The molecule has 96 valence electrons. The fourth-order valence-corrected chi connectivity index (χ4v) is 2.21. The van der Waals surface area contributed by atoms with E-state index >= 15 is 0 Å². The van der Waals surface area contributed by atoms with Gasteiger partial charge < -0.3 is 20.1 Å². The molecule has 1 aliphatic rings. The Labute approximate surface area is 99.0 Å². The average Bonchev–Trinajstić information content (AvgIpc) is 2.49. The van der Waals surface area contributed by atoms with Gasteiger partial charge in [-0.2, -0.15) is 0 Å². The topological polar surface area (TPSA) is 44.7 Å². The van der Waals surface area contributed by atoms with Gasteiger partial charge in [-0.05, 0) is 26.4 Å². The number of ether oxygens (including phenoxy) is 1. The number of likely N-dealkylation sites (N-methyl/N-ethyl adjacent to an activating group) is 1. The molecule has 4 heteroatoms. The molecule has 0 aromatic rings. The molecule has 2 N–H and O–H groups in total. The molecule has 3 atom stereocenters. The Morgan fingerprint density at radius 3 is 2.50 bits per heavy atom. The van der Waals surface area contributed by atoms with E-state index < -0.39 is 0 Å². The molecular formula is C12H26N2O2. The third kappa shape index (κ3) is 4.78. The van der Waals surface area contributed by atoms with Crippen molar-refractivity contribution in [2.75, 3.05) is 33.9 Å². The lowest BCUT2D eigenvalue weighted by atomic mass is 10.0. The van der Waals surface area contributed by atoms with Crippen molar-refractivity contribution in [3.05, 3.63) is 0 Å². The van der Waals surface area contributed by atoms with E-state index in [0.29, 0.717) is 25.2 Å². The number of hydrogen-bond acceptors (Lipinski definition) is 4. The second-order valence-electron chi connectivity index (χ2n) is 5.47. The molecule has 1 saturated heterocycles. The lowest BCUT2D eigenvalue weighted by molar-refractivity contribution is 0.120. The van der Waals surface area contributed by atoms with Crippen LogP contribution in [0.4, 0.5) is 0 Å². The van der Waals surface area contributed by atoms with Crippen molar-refractivity contribution in [1.82, 2.24) is 10.2 Å². The maximum atomic E-state index is 9.70. The Morgan fingerprint density at radius 1 is 1.38 bits per heavy atom. The molecule has 0 aromatic carbocycles. The molecule has 4 nitrogen and oxygen atoms in total. The molecule has 0 bridgehead atoms. The molecule has 0 amide bonds. The van der Waals surface area contributed by atoms with Crippen molar-refractivity contribution in [3.63, 3.8) is 0 Å². The van der Waals surface area contributed by atoms with Gasteiger partial charge in [0.25, 0.3) is 0 Å². The predicted molar refractivity (Wildman–Crippen MR) is 65.5 cm³/mol. The van der Waals surface area contributed by atoms with Crippen molar-refractivity contribution in [2.45, 2.75) is 38.5 Å². The maximum Gasteiger partial charge on any atom is 0.0948 e. The SMILES string of the molecule is CC(C)CC(CN(C)C)NC1COCC1O. The van der Waals surface area contributed by atoms with Gasteiger partial charge in [-0.1, -0.05) is 13.8 Å². The van der Waals surface area contributed by atoms with E-state index in [0.717, 1.165) is 13.0 Å². The van der Waals surface area contributed by atoms with Crippen molar-refractivity contribution in [2.24, 2.45) is 5.92 Å². The van der Waals surface area contributed by atoms with E-state index in [1.54, 1.807) is 0 Å². The predicted octanol–water partition coefficient (Wildman–Crippen LogP) is 0.312. The first-order chi connectivity index (χ1) is 7.49. The van der Waals surface area contributed by atoms with Gasteiger partial charge in [0.2, 0.25) is 0 Å². The Balaban J connectivity index is 2.41. The average molecular weight is 230 g/mol. The molecule has 0 aliphatic carbocycles. The van der Waals surface area contributed by atoms with Gasteiger partial charge in [0.15, 0.2) is 0 Å². The number of nitrogens with one attached hydrogen (secondary N) is 1. The summed E-state index contributed by atoms with van der Waals surface area (Å²) >= 11 is 0. The van der Waals surface area contributed by atoms with Crippen LogP contribution >= 0.6 is 0 Å². The Kier molecular flexibility index (Phi) is 5.69. The van der Waals surface area contributed by atoms with Crippen LogP contribution < -0.4 is 5.32 Å². The van der Waals surface area contributed by atoms with Gasteiger partial charge >= 0.3 is 0 Å². The van der Waals surface area contributed by atoms with Crippen LogP contribution in [0, 0.1) is 5.92 Å². The van der Waals surface area contributed by atoms with E-state index in [2.05, 4.69) is 38.2 Å². The van der Waals surface area contributed by atoms with Crippen LogP contribution in [-0.4, -0.2) is 62.0 Å². The van der Waals surface area contributed by atoms with E-state index in [1.807, 2.05) is 0 Å². The van der Waals surface area contributed by atoms with Crippen molar-refractivity contribution >= 4 is 0 Å². The van der Waals surface area contributed by atoms with E-state index in [9.17, 15) is 5.11 Å². The van der Waals surface area contributed by atoms with Gasteiger partial charge in [0, 0.05) is 12.6 Å². The lowest BCUT2D eigenvalue weighted by Crippen LogP contribution is -2.49. The summed E-state index contributed by atoms with van der Waals surface area (Å²) in [7, 11) is 4.16. The minimum absolute atomic E-state index is 0.101. The Morgan fingerprint density at radius 2 is 2.06 bits per heavy atom. The first kappa shape index (κ1) is 13.9. The van der Waals surface area contributed by atoms with Crippen LogP contribution in [-0.2, 0) is 4.74 Å². The molecule has 0 saturated carbocycles. The Hall–Kier alpha value is -0.160. The molecule has 1 heterocycles. The molecule has 1 aliphatic heterocycles. The standard InChI is InChI=1S/C12H26N2O2/c1-9(2)5-10(6-14(3)4)13-11-7-16-8-12(11)15/h9-13,15H,5-8H2,1-4H3. The lowest BCUT2D eigenvalue weighted by Gasteiger charge is -2.27. The third-order valence-electron chi connectivity index (χ3n) is 2.84. The number of nitrogens with zero attached hydrogens (tertiary/aromatic N) is 1. The minimum atomic E-state index is -0.350. The fraction of sp³-hybridized carbons (Fsp3) is 1.00.